The van der Waals surface area contributed by atoms with Gasteiger partial charge in [-0.3, -0.25) is 13.9 Å². The van der Waals surface area contributed by atoms with Gasteiger partial charge < -0.3 is 19.7 Å². The molecule has 230 valence electrons. The molecule has 2 amide bonds. The lowest BCUT2D eigenvalue weighted by Crippen LogP contribution is -2.52. The summed E-state index contributed by atoms with van der Waals surface area (Å²) in [5.41, 5.74) is 0.917. The molecule has 0 unspecified atom stereocenters. The molecule has 1 aliphatic carbocycles. The Balaban J connectivity index is 1.71. The van der Waals surface area contributed by atoms with E-state index in [2.05, 4.69) is 5.32 Å². The Morgan fingerprint density at radius 3 is 2.23 bits per heavy atom. The van der Waals surface area contributed by atoms with Crippen LogP contribution in [0.1, 0.15) is 38.2 Å². The van der Waals surface area contributed by atoms with E-state index in [4.69, 9.17) is 32.7 Å². The molecule has 9 nitrogen and oxygen atoms in total. The lowest BCUT2D eigenvalue weighted by Gasteiger charge is -2.32. The fraction of sp³-hybridized carbons (Fsp3) is 0.355. The van der Waals surface area contributed by atoms with Crippen LogP contribution >= 0.6 is 23.2 Å². The number of rotatable bonds is 12. The summed E-state index contributed by atoms with van der Waals surface area (Å²) < 4.78 is 39.8. The van der Waals surface area contributed by atoms with Crippen LogP contribution in [0.4, 0.5) is 5.69 Å². The smallest absolute Gasteiger partial charge is 0.264 e. The minimum Gasteiger partial charge on any atom is -0.493 e. The summed E-state index contributed by atoms with van der Waals surface area (Å²) in [4.78, 5) is 28.7. The van der Waals surface area contributed by atoms with Crippen molar-refractivity contribution < 1.29 is 27.5 Å². The zero-order valence-electron chi connectivity index (χ0n) is 24.3. The van der Waals surface area contributed by atoms with Gasteiger partial charge in [-0.15, -0.1) is 0 Å². The van der Waals surface area contributed by atoms with Crippen molar-refractivity contribution >= 4 is 50.7 Å². The SMILES string of the molecule is COc1ccc(S(=O)(=O)N(CC(=O)N(Cc2cccc(Cl)c2)[C@H](C)C(=O)NC2CCCC2)c2ccc(Cl)cc2)cc1OC. The van der Waals surface area contributed by atoms with E-state index >= 15 is 0 Å². The topological polar surface area (TPSA) is 105 Å². The number of carbonyl (C=O) groups is 2. The Hall–Kier alpha value is -3.47. The van der Waals surface area contributed by atoms with Crippen LogP contribution in [0.15, 0.2) is 71.6 Å². The van der Waals surface area contributed by atoms with E-state index in [0.717, 1.165) is 30.0 Å². The van der Waals surface area contributed by atoms with Crippen molar-refractivity contribution in [3.8, 4) is 11.5 Å². The molecule has 1 aliphatic rings. The normalized spacial score (nSPS) is 14.2. The molecule has 1 atom stereocenters. The van der Waals surface area contributed by atoms with Crippen LogP contribution in [0.3, 0.4) is 0 Å². The Kier molecular flexibility index (Phi) is 10.8. The number of nitrogens with one attached hydrogen (secondary N) is 1. The van der Waals surface area contributed by atoms with Gasteiger partial charge in [0.25, 0.3) is 10.0 Å². The van der Waals surface area contributed by atoms with Gasteiger partial charge in [-0.1, -0.05) is 48.2 Å². The number of amides is 2. The number of benzene rings is 3. The van der Waals surface area contributed by atoms with Crippen molar-refractivity contribution in [1.29, 1.82) is 0 Å². The summed E-state index contributed by atoms with van der Waals surface area (Å²) >= 11 is 12.3. The second-order valence-corrected chi connectivity index (χ2v) is 13.1. The standard InChI is InChI=1S/C31H35Cl2N3O6S/c1-21(31(38)34-25-9-4-5-10-25)35(19-22-7-6-8-24(33)17-22)30(37)20-36(26-13-11-23(32)12-14-26)43(39,40)27-15-16-28(41-2)29(18-27)42-3/h6-8,11-18,21,25H,4-5,9-10,19-20H2,1-3H3,(H,34,38)/t21-/m1/s1. The third-order valence-electron chi connectivity index (χ3n) is 7.45. The maximum atomic E-state index is 14.1. The van der Waals surface area contributed by atoms with Crippen molar-refractivity contribution in [3.63, 3.8) is 0 Å². The molecule has 0 aromatic heterocycles. The lowest BCUT2D eigenvalue weighted by atomic mass is 10.1. The van der Waals surface area contributed by atoms with Gasteiger partial charge in [0.15, 0.2) is 11.5 Å². The molecule has 1 saturated carbocycles. The summed E-state index contributed by atoms with van der Waals surface area (Å²) in [5, 5.41) is 3.93. The number of ether oxygens (including phenoxy) is 2. The van der Waals surface area contributed by atoms with Gasteiger partial charge in [0.2, 0.25) is 11.8 Å². The van der Waals surface area contributed by atoms with Crippen molar-refractivity contribution in [3.05, 3.63) is 82.3 Å². The molecule has 1 N–H and O–H groups in total. The van der Waals surface area contributed by atoms with Crippen LogP contribution in [0.2, 0.25) is 10.0 Å². The number of carbonyl (C=O) groups excluding carboxylic acids is 2. The second kappa shape index (κ2) is 14.3. The van der Waals surface area contributed by atoms with Crippen LogP contribution in [0.5, 0.6) is 11.5 Å². The number of sulfonamides is 1. The molecule has 0 aliphatic heterocycles. The zero-order chi connectivity index (χ0) is 31.1. The third-order valence-corrected chi connectivity index (χ3v) is 9.70. The summed E-state index contributed by atoms with van der Waals surface area (Å²) in [6, 6.07) is 16.5. The maximum Gasteiger partial charge on any atom is 0.264 e. The highest BCUT2D eigenvalue weighted by molar-refractivity contribution is 7.92. The number of hydrogen-bond acceptors (Lipinski definition) is 6. The van der Waals surface area contributed by atoms with E-state index in [0.29, 0.717) is 21.4 Å². The molecule has 3 aromatic rings. The van der Waals surface area contributed by atoms with Gasteiger partial charge >= 0.3 is 0 Å². The van der Waals surface area contributed by atoms with Crippen LogP contribution in [0, 0.1) is 0 Å². The Labute approximate surface area is 262 Å². The van der Waals surface area contributed by atoms with Crippen LogP contribution in [0.25, 0.3) is 0 Å². The zero-order valence-corrected chi connectivity index (χ0v) is 26.6. The minimum atomic E-state index is -4.31. The molecule has 0 radical (unpaired) electrons. The van der Waals surface area contributed by atoms with Crippen LogP contribution in [-0.4, -0.2) is 58.0 Å². The number of halogens is 2. The molecule has 12 heteroatoms. The van der Waals surface area contributed by atoms with E-state index in [-0.39, 0.29) is 34.8 Å². The van der Waals surface area contributed by atoms with Gasteiger partial charge in [-0.25, -0.2) is 8.42 Å². The van der Waals surface area contributed by atoms with Gasteiger partial charge in [0.05, 0.1) is 24.8 Å². The fourth-order valence-electron chi connectivity index (χ4n) is 5.05. The molecule has 0 heterocycles. The molecule has 0 spiro atoms. The first-order valence-corrected chi connectivity index (χ1v) is 16.1. The largest absolute Gasteiger partial charge is 0.493 e. The van der Waals surface area contributed by atoms with Crippen molar-refractivity contribution in [1.82, 2.24) is 10.2 Å². The van der Waals surface area contributed by atoms with Gasteiger partial charge in [0, 0.05) is 28.7 Å². The average molecular weight is 649 g/mol. The number of hydrogen-bond donors (Lipinski definition) is 1. The molecule has 43 heavy (non-hydrogen) atoms. The molecule has 0 saturated heterocycles. The van der Waals surface area contributed by atoms with Gasteiger partial charge in [-0.2, -0.15) is 0 Å². The summed E-state index contributed by atoms with van der Waals surface area (Å²) in [5.74, 6) is -0.313. The summed E-state index contributed by atoms with van der Waals surface area (Å²) in [6.07, 6.45) is 3.84. The van der Waals surface area contributed by atoms with Crippen molar-refractivity contribution in [2.75, 3.05) is 25.1 Å². The predicted molar refractivity (Wildman–Crippen MR) is 167 cm³/mol. The highest BCUT2D eigenvalue weighted by Gasteiger charge is 2.34. The van der Waals surface area contributed by atoms with Crippen molar-refractivity contribution in [2.45, 2.75) is 56.1 Å². The molecule has 0 bridgehead atoms. The lowest BCUT2D eigenvalue weighted by molar-refractivity contribution is -0.139. The van der Waals surface area contributed by atoms with Gasteiger partial charge in [-0.05, 0) is 73.9 Å². The third kappa shape index (κ3) is 7.93. The molecule has 1 fully saturated rings. The second-order valence-electron chi connectivity index (χ2n) is 10.3. The Bertz CT molecular complexity index is 1550. The van der Waals surface area contributed by atoms with Crippen molar-refractivity contribution in [2.24, 2.45) is 0 Å². The molecule has 4 rings (SSSR count). The van der Waals surface area contributed by atoms with E-state index in [9.17, 15) is 18.0 Å². The van der Waals surface area contributed by atoms with E-state index in [1.54, 1.807) is 43.3 Å². The van der Waals surface area contributed by atoms with Crippen LogP contribution in [-0.2, 0) is 26.2 Å². The molecule has 3 aromatic carbocycles. The molecular weight excluding hydrogens is 613 g/mol. The average Bonchev–Trinajstić information content (AvgIpc) is 3.51. The highest BCUT2D eigenvalue weighted by atomic mass is 35.5. The minimum absolute atomic E-state index is 0.0451. The van der Waals surface area contributed by atoms with E-state index in [1.165, 1.54) is 49.5 Å². The van der Waals surface area contributed by atoms with Gasteiger partial charge in [0.1, 0.15) is 12.6 Å². The Morgan fingerprint density at radius 2 is 1.60 bits per heavy atom. The predicted octanol–water partition coefficient (Wildman–Crippen LogP) is 5.68. The highest BCUT2D eigenvalue weighted by Crippen LogP contribution is 2.33. The summed E-state index contributed by atoms with van der Waals surface area (Å²) in [6.45, 7) is 1.10. The monoisotopic (exact) mass is 647 g/mol. The number of nitrogens with zero attached hydrogens (tertiary/aromatic N) is 2. The first-order chi connectivity index (χ1) is 20.5. The first-order valence-electron chi connectivity index (χ1n) is 13.9. The first kappa shape index (κ1) is 32.4. The maximum absolute atomic E-state index is 14.1. The number of methoxy groups -OCH3 is 2. The molecular formula is C31H35Cl2N3O6S. The van der Waals surface area contributed by atoms with E-state index in [1.807, 2.05) is 0 Å². The summed E-state index contributed by atoms with van der Waals surface area (Å²) in [7, 11) is -1.46. The Morgan fingerprint density at radius 1 is 0.930 bits per heavy atom. The van der Waals surface area contributed by atoms with E-state index < -0.39 is 28.5 Å². The number of anilines is 1. The fourth-order valence-corrected chi connectivity index (χ4v) is 6.82. The van der Waals surface area contributed by atoms with Crippen LogP contribution < -0.4 is 19.1 Å². The quantitative estimate of drug-likeness (QED) is 0.271.